The third kappa shape index (κ3) is 3.08. The molecule has 1 aliphatic rings. The molecule has 1 aliphatic carbocycles. The summed E-state index contributed by atoms with van der Waals surface area (Å²) in [6, 6.07) is 0.384. The summed E-state index contributed by atoms with van der Waals surface area (Å²) in [6.07, 6.45) is 5.50. The molecule has 82 valence electrons. The Morgan fingerprint density at radius 2 is 2.29 bits per heavy atom. The van der Waals surface area contributed by atoms with Crippen LogP contribution < -0.4 is 0 Å². The fourth-order valence-electron chi connectivity index (χ4n) is 1.74. The fourth-order valence-corrected chi connectivity index (χ4v) is 2.22. The second-order valence-electron chi connectivity index (χ2n) is 3.77. The summed E-state index contributed by atoms with van der Waals surface area (Å²) < 4.78 is 4.73. The Morgan fingerprint density at radius 3 is 2.71 bits per heavy atom. The molecule has 0 radical (unpaired) electrons. The lowest BCUT2D eigenvalue weighted by Gasteiger charge is -2.26. The maximum Gasteiger partial charge on any atom is 0.409 e. The predicted octanol–water partition coefficient (Wildman–Crippen LogP) is 2.22. The van der Waals surface area contributed by atoms with Gasteiger partial charge in [-0.25, -0.2) is 4.79 Å². The summed E-state index contributed by atoms with van der Waals surface area (Å²) in [7, 11) is 3.28. The lowest BCUT2D eigenvalue weighted by molar-refractivity contribution is 0.111. The first-order valence-electron chi connectivity index (χ1n) is 5.00. The molecule has 3 nitrogen and oxygen atoms in total. The number of amides is 1. The molecule has 1 rings (SSSR count). The summed E-state index contributed by atoms with van der Waals surface area (Å²) in [4.78, 5) is 13.1. The van der Waals surface area contributed by atoms with Crippen LogP contribution in [0.2, 0.25) is 0 Å². The van der Waals surface area contributed by atoms with Crippen LogP contribution in [-0.2, 0) is 4.74 Å². The first-order valence-corrected chi connectivity index (χ1v) is 6.39. The van der Waals surface area contributed by atoms with Gasteiger partial charge in [-0.3, -0.25) is 0 Å². The summed E-state index contributed by atoms with van der Waals surface area (Å²) in [5.74, 6) is 1.83. The first-order chi connectivity index (χ1) is 6.70. The first kappa shape index (κ1) is 11.7. The Labute approximate surface area is 90.2 Å². The molecule has 0 saturated heterocycles. The van der Waals surface area contributed by atoms with Gasteiger partial charge >= 0.3 is 6.09 Å². The summed E-state index contributed by atoms with van der Waals surface area (Å²) in [5.41, 5.74) is 0. The number of carbonyl (C=O) groups excluding carboxylic acids is 1. The van der Waals surface area contributed by atoms with Gasteiger partial charge in [0, 0.05) is 13.1 Å². The van der Waals surface area contributed by atoms with Gasteiger partial charge in [-0.05, 0) is 37.2 Å². The largest absolute Gasteiger partial charge is 0.453 e. The van der Waals surface area contributed by atoms with Gasteiger partial charge in [0.25, 0.3) is 0 Å². The van der Waals surface area contributed by atoms with E-state index in [9.17, 15) is 4.79 Å². The highest BCUT2D eigenvalue weighted by atomic mass is 32.2. The van der Waals surface area contributed by atoms with Gasteiger partial charge in [0.2, 0.25) is 0 Å². The van der Waals surface area contributed by atoms with Gasteiger partial charge in [-0.15, -0.1) is 0 Å². The van der Waals surface area contributed by atoms with Crippen LogP contribution in [0.25, 0.3) is 0 Å². The summed E-state index contributed by atoms with van der Waals surface area (Å²) in [5, 5.41) is 0. The van der Waals surface area contributed by atoms with Crippen LogP contribution >= 0.6 is 11.8 Å². The quantitative estimate of drug-likeness (QED) is 0.707. The highest BCUT2D eigenvalue weighted by Crippen LogP contribution is 2.37. The standard InChI is InChI=1S/C10H19NO2S/c1-11(10(12)13-2)9(6-7-14-3)8-4-5-8/h8-9H,4-7H2,1-3H3. The van der Waals surface area contributed by atoms with Crippen LogP contribution in [0.4, 0.5) is 4.79 Å². The minimum atomic E-state index is -0.206. The van der Waals surface area contributed by atoms with Crippen molar-refractivity contribution in [3.63, 3.8) is 0 Å². The van der Waals surface area contributed by atoms with E-state index in [1.807, 2.05) is 18.8 Å². The van der Waals surface area contributed by atoms with Crippen molar-refractivity contribution >= 4 is 17.9 Å². The number of ether oxygens (including phenoxy) is 1. The highest BCUT2D eigenvalue weighted by molar-refractivity contribution is 7.98. The molecule has 4 heteroatoms. The van der Waals surface area contributed by atoms with Crippen LogP contribution in [0.1, 0.15) is 19.3 Å². The van der Waals surface area contributed by atoms with E-state index in [2.05, 4.69) is 6.26 Å². The number of nitrogens with zero attached hydrogens (tertiary/aromatic N) is 1. The van der Waals surface area contributed by atoms with Crippen molar-refractivity contribution in [2.45, 2.75) is 25.3 Å². The maximum absolute atomic E-state index is 11.3. The number of hydrogen-bond donors (Lipinski definition) is 0. The molecule has 1 atom stereocenters. The van der Waals surface area contributed by atoms with Gasteiger partial charge in [-0.2, -0.15) is 11.8 Å². The van der Waals surface area contributed by atoms with Crippen LogP contribution in [0.5, 0.6) is 0 Å². The van der Waals surface area contributed by atoms with E-state index in [1.54, 1.807) is 4.90 Å². The second-order valence-corrected chi connectivity index (χ2v) is 4.75. The van der Waals surface area contributed by atoms with E-state index >= 15 is 0 Å². The van der Waals surface area contributed by atoms with Crippen LogP contribution in [0.15, 0.2) is 0 Å². The average Bonchev–Trinajstić information content (AvgIpc) is 3.01. The van der Waals surface area contributed by atoms with Crippen LogP contribution in [0.3, 0.4) is 0 Å². The molecule has 0 bridgehead atoms. The molecule has 0 spiro atoms. The van der Waals surface area contributed by atoms with Gasteiger partial charge < -0.3 is 9.64 Å². The lowest BCUT2D eigenvalue weighted by Crippen LogP contribution is -2.38. The maximum atomic E-state index is 11.3. The Balaban J connectivity index is 2.43. The third-order valence-corrected chi connectivity index (χ3v) is 3.39. The molecule has 0 aromatic carbocycles. The third-order valence-electron chi connectivity index (χ3n) is 2.74. The summed E-state index contributed by atoms with van der Waals surface area (Å²) in [6.45, 7) is 0. The zero-order valence-electron chi connectivity index (χ0n) is 9.16. The zero-order valence-corrected chi connectivity index (χ0v) is 9.97. The van der Waals surface area contributed by atoms with E-state index < -0.39 is 0 Å². The number of thioether (sulfide) groups is 1. The number of carbonyl (C=O) groups is 1. The smallest absolute Gasteiger partial charge is 0.409 e. The number of methoxy groups -OCH3 is 1. The minimum absolute atomic E-state index is 0.206. The van der Waals surface area contributed by atoms with Gasteiger partial charge in [0.1, 0.15) is 0 Å². The minimum Gasteiger partial charge on any atom is -0.453 e. The van der Waals surface area contributed by atoms with Gasteiger partial charge in [-0.1, -0.05) is 0 Å². The molecule has 0 heterocycles. The molecule has 0 aromatic rings. The van der Waals surface area contributed by atoms with Crippen LogP contribution in [0, 0.1) is 5.92 Å². The second kappa shape index (κ2) is 5.49. The van der Waals surface area contributed by atoms with Gasteiger partial charge in [0.15, 0.2) is 0 Å². The SMILES string of the molecule is COC(=O)N(C)C(CCSC)C1CC1. The van der Waals surface area contributed by atoms with Crippen molar-refractivity contribution in [1.29, 1.82) is 0 Å². The Bertz CT molecular complexity index is 195. The predicted molar refractivity (Wildman–Crippen MR) is 59.7 cm³/mol. The number of rotatable bonds is 5. The normalized spacial score (nSPS) is 17.6. The Kier molecular flexibility index (Phi) is 4.58. The fraction of sp³-hybridized carbons (Fsp3) is 0.900. The highest BCUT2D eigenvalue weighted by Gasteiger charge is 2.35. The molecule has 14 heavy (non-hydrogen) atoms. The average molecular weight is 217 g/mol. The topological polar surface area (TPSA) is 29.5 Å². The molecule has 1 fully saturated rings. The van der Waals surface area contributed by atoms with Crippen molar-refractivity contribution < 1.29 is 9.53 Å². The molecule has 0 N–H and O–H groups in total. The molecule has 1 amide bonds. The van der Waals surface area contributed by atoms with Crippen molar-refractivity contribution in [2.24, 2.45) is 5.92 Å². The molecule has 1 saturated carbocycles. The van der Waals surface area contributed by atoms with Gasteiger partial charge in [0.05, 0.1) is 7.11 Å². The van der Waals surface area contributed by atoms with Crippen molar-refractivity contribution in [2.75, 3.05) is 26.2 Å². The molecular formula is C10H19NO2S. The lowest BCUT2D eigenvalue weighted by atomic mass is 10.1. The zero-order chi connectivity index (χ0) is 10.6. The monoisotopic (exact) mass is 217 g/mol. The summed E-state index contributed by atoms with van der Waals surface area (Å²) >= 11 is 1.83. The van der Waals surface area contributed by atoms with E-state index in [1.165, 1.54) is 20.0 Å². The molecular weight excluding hydrogens is 198 g/mol. The number of hydrogen-bond acceptors (Lipinski definition) is 3. The Morgan fingerprint density at radius 1 is 1.64 bits per heavy atom. The molecule has 1 unspecified atom stereocenters. The van der Waals surface area contributed by atoms with E-state index in [0.29, 0.717) is 12.0 Å². The van der Waals surface area contributed by atoms with Crippen molar-refractivity contribution in [3.8, 4) is 0 Å². The Hall–Kier alpha value is -0.380. The van der Waals surface area contributed by atoms with Crippen LogP contribution in [-0.4, -0.2) is 43.2 Å². The van der Waals surface area contributed by atoms with Crippen molar-refractivity contribution in [3.05, 3.63) is 0 Å². The molecule has 0 aliphatic heterocycles. The van der Waals surface area contributed by atoms with E-state index in [4.69, 9.17) is 4.74 Å². The van der Waals surface area contributed by atoms with Crippen molar-refractivity contribution in [1.82, 2.24) is 4.90 Å². The van der Waals surface area contributed by atoms with E-state index in [-0.39, 0.29) is 6.09 Å². The van der Waals surface area contributed by atoms with E-state index in [0.717, 1.165) is 12.2 Å². The molecule has 0 aromatic heterocycles.